The summed E-state index contributed by atoms with van der Waals surface area (Å²) in [4.78, 5) is 12.1. The third kappa shape index (κ3) is 2.62. The summed E-state index contributed by atoms with van der Waals surface area (Å²) in [5.74, 6) is 0. The van der Waals surface area contributed by atoms with Gasteiger partial charge in [-0.3, -0.25) is 4.79 Å². The van der Waals surface area contributed by atoms with Gasteiger partial charge in [-0.15, -0.1) is 0 Å². The number of rotatable bonds is 2. The number of pyridine rings is 1. The zero-order valence-electron chi connectivity index (χ0n) is 14.7. The van der Waals surface area contributed by atoms with Gasteiger partial charge >= 0.3 is 7.12 Å². The van der Waals surface area contributed by atoms with Crippen LogP contribution in [0.1, 0.15) is 47.6 Å². The minimum atomic E-state index is -0.416. The first-order valence-electron chi connectivity index (χ1n) is 8.13. The Morgan fingerprint density at radius 2 is 1.65 bits per heavy atom. The lowest BCUT2D eigenvalue weighted by atomic mass is 9.78. The monoisotopic (exact) mass is 313 g/mol. The Morgan fingerprint density at radius 1 is 1.04 bits per heavy atom. The molecule has 1 fully saturated rings. The molecular formula is C18H24BNO3. The fourth-order valence-electron chi connectivity index (χ4n) is 2.86. The van der Waals surface area contributed by atoms with Crippen LogP contribution in [0.2, 0.25) is 0 Å². The molecule has 0 N–H and O–H groups in total. The molecule has 1 aliphatic rings. The van der Waals surface area contributed by atoms with Crippen molar-refractivity contribution in [1.29, 1.82) is 0 Å². The number of nitrogens with zero attached hydrogens (tertiary/aromatic N) is 1. The van der Waals surface area contributed by atoms with E-state index in [1.165, 1.54) is 0 Å². The molecule has 0 atom stereocenters. The van der Waals surface area contributed by atoms with Crippen LogP contribution in [0.15, 0.2) is 35.3 Å². The summed E-state index contributed by atoms with van der Waals surface area (Å²) in [5.41, 5.74) is 1.15. The van der Waals surface area contributed by atoms with Gasteiger partial charge in [-0.25, -0.2) is 0 Å². The number of hydrogen-bond acceptors (Lipinski definition) is 3. The molecule has 0 saturated carbocycles. The maximum atomic E-state index is 12.1. The van der Waals surface area contributed by atoms with E-state index in [0.717, 1.165) is 16.4 Å². The van der Waals surface area contributed by atoms with E-state index in [2.05, 4.69) is 18.4 Å². The van der Waals surface area contributed by atoms with Gasteiger partial charge in [0.2, 0.25) is 0 Å². The van der Waals surface area contributed by atoms with E-state index in [0.29, 0.717) is 0 Å². The summed E-state index contributed by atoms with van der Waals surface area (Å²) < 4.78 is 14.3. The third-order valence-corrected chi connectivity index (χ3v) is 5.03. The number of benzene rings is 1. The van der Waals surface area contributed by atoms with Crippen molar-refractivity contribution in [2.45, 2.75) is 58.8 Å². The normalized spacial score (nSPS) is 19.7. The summed E-state index contributed by atoms with van der Waals surface area (Å²) in [6, 6.07) is 7.70. The fourth-order valence-corrected chi connectivity index (χ4v) is 2.86. The summed E-state index contributed by atoms with van der Waals surface area (Å²) >= 11 is 0. The largest absolute Gasteiger partial charge is 0.494 e. The van der Waals surface area contributed by atoms with Gasteiger partial charge in [0.15, 0.2) is 5.43 Å². The minimum Gasteiger partial charge on any atom is -0.399 e. The van der Waals surface area contributed by atoms with E-state index in [-0.39, 0.29) is 22.7 Å². The van der Waals surface area contributed by atoms with E-state index in [1.54, 1.807) is 6.07 Å². The Kier molecular flexibility index (Phi) is 3.69. The third-order valence-electron chi connectivity index (χ3n) is 5.03. The van der Waals surface area contributed by atoms with Crippen molar-refractivity contribution < 1.29 is 9.31 Å². The van der Waals surface area contributed by atoms with Gasteiger partial charge in [0, 0.05) is 23.7 Å². The molecule has 1 aliphatic heterocycles. The molecule has 4 nitrogen and oxygen atoms in total. The quantitative estimate of drug-likeness (QED) is 0.801. The van der Waals surface area contributed by atoms with Crippen LogP contribution in [-0.2, 0) is 9.31 Å². The van der Waals surface area contributed by atoms with Gasteiger partial charge in [-0.1, -0.05) is 6.07 Å². The molecule has 122 valence electrons. The highest BCUT2D eigenvalue weighted by atomic mass is 16.7. The van der Waals surface area contributed by atoms with Crippen LogP contribution in [0.4, 0.5) is 0 Å². The van der Waals surface area contributed by atoms with Crippen LogP contribution in [-0.4, -0.2) is 22.9 Å². The maximum Gasteiger partial charge on any atom is 0.494 e. The van der Waals surface area contributed by atoms with Crippen molar-refractivity contribution in [3.63, 3.8) is 0 Å². The lowest BCUT2D eigenvalue weighted by molar-refractivity contribution is 0.00578. The van der Waals surface area contributed by atoms with Crippen molar-refractivity contribution in [3.05, 3.63) is 40.7 Å². The summed E-state index contributed by atoms with van der Waals surface area (Å²) in [5, 5.41) is 0.724. The van der Waals surface area contributed by atoms with Crippen LogP contribution in [0.3, 0.4) is 0 Å². The van der Waals surface area contributed by atoms with Gasteiger partial charge < -0.3 is 13.9 Å². The van der Waals surface area contributed by atoms with Gasteiger partial charge in [0.1, 0.15) is 0 Å². The average Bonchev–Trinajstić information content (AvgIpc) is 2.67. The lowest BCUT2D eigenvalue weighted by Crippen LogP contribution is -2.41. The molecule has 2 aromatic rings. The molecule has 0 radical (unpaired) electrons. The highest BCUT2D eigenvalue weighted by Crippen LogP contribution is 2.36. The van der Waals surface area contributed by atoms with Crippen molar-refractivity contribution in [3.8, 4) is 0 Å². The second kappa shape index (κ2) is 5.21. The maximum absolute atomic E-state index is 12.1. The van der Waals surface area contributed by atoms with E-state index >= 15 is 0 Å². The lowest BCUT2D eigenvalue weighted by Gasteiger charge is -2.32. The van der Waals surface area contributed by atoms with Crippen molar-refractivity contribution in [1.82, 2.24) is 4.57 Å². The second-order valence-corrected chi connectivity index (χ2v) is 7.55. The first kappa shape index (κ1) is 16.3. The van der Waals surface area contributed by atoms with Crippen LogP contribution in [0.5, 0.6) is 0 Å². The molecule has 1 aromatic carbocycles. The van der Waals surface area contributed by atoms with E-state index in [4.69, 9.17) is 9.31 Å². The highest BCUT2D eigenvalue weighted by molar-refractivity contribution is 6.62. The molecule has 23 heavy (non-hydrogen) atoms. The Hall–Kier alpha value is -1.59. The molecule has 0 bridgehead atoms. The van der Waals surface area contributed by atoms with E-state index < -0.39 is 7.12 Å². The topological polar surface area (TPSA) is 40.5 Å². The summed E-state index contributed by atoms with van der Waals surface area (Å²) in [6.45, 7) is 12.4. The predicted molar refractivity (Wildman–Crippen MR) is 94.3 cm³/mol. The van der Waals surface area contributed by atoms with Crippen molar-refractivity contribution in [2.24, 2.45) is 0 Å². The van der Waals surface area contributed by atoms with Gasteiger partial charge in [-0.05, 0) is 59.1 Å². The zero-order chi connectivity index (χ0) is 17.0. The van der Waals surface area contributed by atoms with E-state index in [1.807, 2.05) is 52.1 Å². The molecule has 0 spiro atoms. The van der Waals surface area contributed by atoms with Crippen LogP contribution < -0.4 is 10.9 Å². The van der Waals surface area contributed by atoms with Crippen LogP contribution in [0.25, 0.3) is 10.9 Å². The van der Waals surface area contributed by atoms with Crippen molar-refractivity contribution >= 4 is 23.5 Å². The fraction of sp³-hybridized carbons (Fsp3) is 0.500. The average molecular weight is 313 g/mol. The van der Waals surface area contributed by atoms with Crippen molar-refractivity contribution in [2.75, 3.05) is 0 Å². The Balaban J connectivity index is 2.11. The molecular weight excluding hydrogens is 289 g/mol. The predicted octanol–water partition coefficient (Wildman–Crippen LogP) is 2.88. The minimum absolute atomic E-state index is 0.0392. The SMILES string of the molecule is CC(C)n1ccc(=O)c2ccc(B3OC(C)(C)C(C)(C)O3)cc21. The molecule has 0 aliphatic carbocycles. The molecule has 0 amide bonds. The molecule has 1 aromatic heterocycles. The van der Waals surface area contributed by atoms with Crippen LogP contribution in [0, 0.1) is 0 Å². The first-order chi connectivity index (χ1) is 10.6. The molecule has 0 unspecified atom stereocenters. The highest BCUT2D eigenvalue weighted by Gasteiger charge is 2.51. The first-order valence-corrected chi connectivity index (χ1v) is 8.13. The smallest absolute Gasteiger partial charge is 0.399 e. The van der Waals surface area contributed by atoms with Gasteiger partial charge in [-0.2, -0.15) is 0 Å². The molecule has 1 saturated heterocycles. The molecule has 3 rings (SSSR count). The number of fused-ring (bicyclic) bond motifs is 1. The molecule has 5 heteroatoms. The number of aromatic nitrogens is 1. The Bertz CT molecular complexity index is 792. The number of hydrogen-bond donors (Lipinski definition) is 0. The zero-order valence-corrected chi connectivity index (χ0v) is 14.7. The Labute approximate surface area is 137 Å². The summed E-state index contributed by atoms with van der Waals surface area (Å²) in [6.07, 6.45) is 1.85. The molecule has 2 heterocycles. The van der Waals surface area contributed by atoms with Gasteiger partial charge in [0.05, 0.1) is 16.7 Å². The Morgan fingerprint density at radius 3 is 2.22 bits per heavy atom. The van der Waals surface area contributed by atoms with E-state index in [9.17, 15) is 4.79 Å². The second-order valence-electron chi connectivity index (χ2n) is 7.55. The summed E-state index contributed by atoms with van der Waals surface area (Å²) in [7, 11) is -0.416. The van der Waals surface area contributed by atoms with Gasteiger partial charge in [0.25, 0.3) is 0 Å². The standard InChI is InChI=1S/C18H24BNO3/c1-12(2)20-10-9-16(21)14-8-7-13(11-15(14)20)19-22-17(3,4)18(5,6)23-19/h7-12H,1-6H3. The van der Waals surface area contributed by atoms with Crippen LogP contribution >= 0.6 is 0 Å².